The van der Waals surface area contributed by atoms with E-state index in [4.69, 9.17) is 9.57 Å². The van der Waals surface area contributed by atoms with E-state index in [0.29, 0.717) is 0 Å². The molecular weight excluding hydrogens is 286 g/mol. The summed E-state index contributed by atoms with van der Waals surface area (Å²) in [5.41, 5.74) is 4.67. The van der Waals surface area contributed by atoms with Crippen molar-refractivity contribution in [1.82, 2.24) is 0 Å². The van der Waals surface area contributed by atoms with E-state index in [-0.39, 0.29) is 5.41 Å². The number of hydrogen-bond acceptors (Lipinski definition) is 3. The molecule has 0 saturated heterocycles. The van der Waals surface area contributed by atoms with Crippen LogP contribution < -0.4 is 4.74 Å². The van der Waals surface area contributed by atoms with E-state index < -0.39 is 0 Å². The molecular formula is C20H27NO2. The summed E-state index contributed by atoms with van der Waals surface area (Å²) in [6.07, 6.45) is 7.42. The highest BCUT2D eigenvalue weighted by Crippen LogP contribution is 2.59. The van der Waals surface area contributed by atoms with Gasteiger partial charge in [0.1, 0.15) is 12.9 Å². The van der Waals surface area contributed by atoms with Gasteiger partial charge in [-0.1, -0.05) is 18.1 Å². The molecule has 0 amide bonds. The Morgan fingerprint density at radius 2 is 2.00 bits per heavy atom. The largest absolute Gasteiger partial charge is 0.497 e. The molecule has 3 nitrogen and oxygen atoms in total. The fourth-order valence-electron chi connectivity index (χ4n) is 5.73. The molecule has 3 aliphatic rings. The molecule has 23 heavy (non-hydrogen) atoms. The fraction of sp³-hybridized carbons (Fsp3) is 0.650. The number of benzene rings is 1. The molecule has 0 aliphatic heterocycles. The Morgan fingerprint density at radius 1 is 1.13 bits per heavy atom. The molecule has 0 spiro atoms. The van der Waals surface area contributed by atoms with E-state index in [1.807, 2.05) is 0 Å². The summed E-state index contributed by atoms with van der Waals surface area (Å²) < 4.78 is 5.41. The molecule has 3 heteroatoms. The predicted octanol–water partition coefficient (Wildman–Crippen LogP) is 4.55. The Balaban J connectivity index is 1.66. The summed E-state index contributed by atoms with van der Waals surface area (Å²) in [4.78, 5) is 5.13. The lowest BCUT2D eigenvalue weighted by atomic mass is 9.55. The number of nitrogens with zero attached hydrogens (tertiary/aromatic N) is 1. The third kappa shape index (κ3) is 2.20. The number of rotatable bonds is 2. The van der Waals surface area contributed by atoms with Gasteiger partial charge >= 0.3 is 0 Å². The van der Waals surface area contributed by atoms with Crippen LogP contribution in [0.1, 0.15) is 56.1 Å². The van der Waals surface area contributed by atoms with Gasteiger partial charge in [0.2, 0.25) is 0 Å². The number of oxime groups is 1. The monoisotopic (exact) mass is 313 g/mol. The van der Waals surface area contributed by atoms with Crippen LogP contribution in [0.3, 0.4) is 0 Å². The minimum Gasteiger partial charge on any atom is -0.497 e. The number of fused-ring (bicyclic) bond motifs is 5. The van der Waals surface area contributed by atoms with Crippen molar-refractivity contribution >= 4 is 5.71 Å². The molecule has 1 aromatic rings. The first-order valence-corrected chi connectivity index (χ1v) is 8.94. The van der Waals surface area contributed by atoms with Gasteiger partial charge in [-0.3, -0.25) is 0 Å². The SMILES string of the molecule is CO/N=C1\CCC2C3CCc4cc(OC)ccc4C3CCC12C. The summed E-state index contributed by atoms with van der Waals surface area (Å²) in [6.45, 7) is 2.43. The van der Waals surface area contributed by atoms with Gasteiger partial charge in [0, 0.05) is 5.41 Å². The summed E-state index contributed by atoms with van der Waals surface area (Å²) >= 11 is 0. The van der Waals surface area contributed by atoms with Gasteiger partial charge in [-0.2, -0.15) is 0 Å². The minimum atomic E-state index is 0.265. The highest BCUT2D eigenvalue weighted by Gasteiger charge is 2.53. The first-order chi connectivity index (χ1) is 11.2. The molecule has 4 atom stereocenters. The van der Waals surface area contributed by atoms with Crippen LogP contribution in [0.4, 0.5) is 0 Å². The zero-order chi connectivity index (χ0) is 16.0. The van der Waals surface area contributed by atoms with E-state index in [9.17, 15) is 0 Å². The average Bonchev–Trinajstić information content (AvgIpc) is 2.91. The van der Waals surface area contributed by atoms with Gasteiger partial charge < -0.3 is 9.57 Å². The van der Waals surface area contributed by atoms with Crippen LogP contribution in [0.25, 0.3) is 0 Å². The molecule has 2 saturated carbocycles. The number of methoxy groups -OCH3 is 1. The van der Waals surface area contributed by atoms with E-state index in [0.717, 1.165) is 29.9 Å². The first-order valence-electron chi connectivity index (χ1n) is 8.94. The van der Waals surface area contributed by atoms with Crippen LogP contribution in [-0.2, 0) is 11.3 Å². The average molecular weight is 313 g/mol. The van der Waals surface area contributed by atoms with Gasteiger partial charge in [-0.05, 0) is 79.5 Å². The molecule has 3 aliphatic carbocycles. The predicted molar refractivity (Wildman–Crippen MR) is 92.1 cm³/mol. The van der Waals surface area contributed by atoms with E-state index in [2.05, 4.69) is 30.3 Å². The van der Waals surface area contributed by atoms with Crippen LogP contribution in [0.2, 0.25) is 0 Å². The first kappa shape index (κ1) is 15.0. The molecule has 4 unspecified atom stereocenters. The highest BCUT2D eigenvalue weighted by atomic mass is 16.6. The third-order valence-corrected chi connectivity index (χ3v) is 6.88. The van der Waals surface area contributed by atoms with Gasteiger partial charge in [-0.15, -0.1) is 0 Å². The van der Waals surface area contributed by atoms with E-state index in [1.165, 1.54) is 43.4 Å². The standard InChI is InChI=1S/C20H27NO2/c1-20-11-10-16-15-7-5-14(22-2)12-13(15)4-6-17(16)18(20)8-9-19(20)21-23-3/h5,7,12,16-18H,4,6,8-11H2,1-3H3/b21-19+. The second kappa shape index (κ2) is 5.54. The van der Waals surface area contributed by atoms with Crippen LogP contribution in [0.5, 0.6) is 5.75 Å². The Bertz CT molecular complexity index is 639. The Morgan fingerprint density at radius 3 is 2.78 bits per heavy atom. The zero-order valence-electron chi connectivity index (χ0n) is 14.5. The lowest BCUT2D eigenvalue weighted by molar-refractivity contribution is 0.0924. The Kier molecular flexibility index (Phi) is 3.62. The summed E-state index contributed by atoms with van der Waals surface area (Å²) in [7, 11) is 3.44. The minimum absolute atomic E-state index is 0.265. The molecule has 0 bridgehead atoms. The Labute approximate surface area is 139 Å². The van der Waals surface area contributed by atoms with Gasteiger partial charge in [0.15, 0.2) is 0 Å². The van der Waals surface area contributed by atoms with Crippen molar-refractivity contribution in [2.45, 2.75) is 51.4 Å². The van der Waals surface area contributed by atoms with Gasteiger partial charge in [0.25, 0.3) is 0 Å². The smallest absolute Gasteiger partial charge is 0.119 e. The van der Waals surface area contributed by atoms with Crippen LogP contribution in [-0.4, -0.2) is 19.9 Å². The highest BCUT2D eigenvalue weighted by molar-refractivity contribution is 5.92. The number of aryl methyl sites for hydroxylation is 1. The van der Waals surface area contributed by atoms with Crippen molar-refractivity contribution in [2.24, 2.45) is 22.4 Å². The summed E-state index contributed by atoms with van der Waals surface area (Å²) in [5.74, 6) is 3.30. The van der Waals surface area contributed by atoms with Crippen LogP contribution in [0.15, 0.2) is 23.4 Å². The topological polar surface area (TPSA) is 30.8 Å². The van der Waals surface area contributed by atoms with Crippen LogP contribution >= 0.6 is 0 Å². The molecule has 124 valence electrons. The third-order valence-electron chi connectivity index (χ3n) is 6.88. The number of hydrogen-bond donors (Lipinski definition) is 0. The lowest BCUT2D eigenvalue weighted by Gasteiger charge is -2.49. The number of ether oxygens (including phenoxy) is 1. The quantitative estimate of drug-likeness (QED) is 0.750. The maximum atomic E-state index is 5.41. The summed E-state index contributed by atoms with van der Waals surface area (Å²) in [6, 6.07) is 6.72. The van der Waals surface area contributed by atoms with E-state index in [1.54, 1.807) is 19.8 Å². The normalized spacial score (nSPS) is 37.0. The van der Waals surface area contributed by atoms with Crippen molar-refractivity contribution in [3.05, 3.63) is 29.3 Å². The van der Waals surface area contributed by atoms with Crippen molar-refractivity contribution < 1.29 is 9.57 Å². The van der Waals surface area contributed by atoms with E-state index >= 15 is 0 Å². The van der Waals surface area contributed by atoms with Crippen molar-refractivity contribution in [1.29, 1.82) is 0 Å². The van der Waals surface area contributed by atoms with Gasteiger partial charge in [-0.25, -0.2) is 0 Å². The molecule has 0 N–H and O–H groups in total. The molecule has 0 heterocycles. The van der Waals surface area contributed by atoms with Crippen molar-refractivity contribution in [2.75, 3.05) is 14.2 Å². The van der Waals surface area contributed by atoms with Gasteiger partial charge in [0.05, 0.1) is 12.8 Å². The lowest BCUT2D eigenvalue weighted by Crippen LogP contribution is -2.42. The summed E-state index contributed by atoms with van der Waals surface area (Å²) in [5, 5.41) is 4.38. The maximum Gasteiger partial charge on any atom is 0.119 e. The van der Waals surface area contributed by atoms with Crippen LogP contribution in [0, 0.1) is 17.3 Å². The molecule has 2 fully saturated rings. The zero-order valence-corrected chi connectivity index (χ0v) is 14.5. The van der Waals surface area contributed by atoms with Crippen molar-refractivity contribution in [3.63, 3.8) is 0 Å². The second-order valence-corrected chi connectivity index (χ2v) is 7.70. The Hall–Kier alpha value is -1.51. The fourth-order valence-corrected chi connectivity index (χ4v) is 5.73. The molecule has 0 aromatic heterocycles. The molecule has 1 aromatic carbocycles. The molecule has 0 radical (unpaired) electrons. The van der Waals surface area contributed by atoms with Crippen molar-refractivity contribution in [3.8, 4) is 5.75 Å². The molecule has 4 rings (SSSR count). The maximum absolute atomic E-state index is 5.41. The second-order valence-electron chi connectivity index (χ2n) is 7.70.